The van der Waals surface area contributed by atoms with Gasteiger partial charge in [0.1, 0.15) is 11.2 Å². The first kappa shape index (κ1) is 20.5. The molecule has 0 fully saturated rings. The maximum atomic E-state index is 11.0. The molecule has 0 aliphatic heterocycles. The van der Waals surface area contributed by atoms with E-state index in [9.17, 15) is 10.1 Å². The minimum atomic E-state index is -0.444. The SMILES string of the molecule is Cc1nc(-c2ccccc2)sc1-c1nnc(Sc2ncc([N+](=O)[O-])s2)n1-c1ccccc1. The largest absolute Gasteiger partial charge is 0.344 e. The number of nitro groups is 1. The van der Waals surface area contributed by atoms with Crippen molar-refractivity contribution in [1.82, 2.24) is 24.7 Å². The van der Waals surface area contributed by atoms with E-state index in [-0.39, 0.29) is 5.00 Å². The molecule has 0 atom stereocenters. The maximum Gasteiger partial charge on any atom is 0.344 e. The van der Waals surface area contributed by atoms with Crippen LogP contribution in [0.15, 0.2) is 76.4 Å². The summed E-state index contributed by atoms with van der Waals surface area (Å²) in [5.74, 6) is 0.668. The number of rotatable bonds is 6. The van der Waals surface area contributed by atoms with Gasteiger partial charge in [0.05, 0.1) is 15.5 Å². The Morgan fingerprint density at radius 3 is 2.41 bits per heavy atom. The summed E-state index contributed by atoms with van der Waals surface area (Å²) in [7, 11) is 0. The van der Waals surface area contributed by atoms with Crippen molar-refractivity contribution in [2.45, 2.75) is 16.4 Å². The minimum Gasteiger partial charge on any atom is -0.269 e. The molecule has 32 heavy (non-hydrogen) atoms. The average molecular weight is 479 g/mol. The van der Waals surface area contributed by atoms with Gasteiger partial charge in [0, 0.05) is 11.3 Å². The zero-order chi connectivity index (χ0) is 22.1. The standard InChI is InChI=1S/C21H14N6O2S3/c1-13-17(31-19(23-13)14-8-4-2-5-9-14)18-24-25-20(26(18)15-10-6-3-7-11-15)32-21-22-12-16(30-21)27(28)29/h2-12H,1H3. The highest BCUT2D eigenvalue weighted by atomic mass is 32.2. The van der Waals surface area contributed by atoms with Crippen LogP contribution in [0, 0.1) is 17.0 Å². The van der Waals surface area contributed by atoms with Crippen molar-refractivity contribution in [1.29, 1.82) is 0 Å². The molecular formula is C21H14N6O2S3. The van der Waals surface area contributed by atoms with E-state index < -0.39 is 4.92 Å². The summed E-state index contributed by atoms with van der Waals surface area (Å²) in [6.07, 6.45) is 1.26. The molecule has 2 aromatic carbocycles. The first-order valence-electron chi connectivity index (χ1n) is 9.42. The Balaban J connectivity index is 1.60. The molecule has 3 heterocycles. The smallest absolute Gasteiger partial charge is 0.269 e. The molecule has 0 radical (unpaired) electrons. The highest BCUT2D eigenvalue weighted by molar-refractivity contribution is 8.01. The van der Waals surface area contributed by atoms with E-state index in [0.717, 1.165) is 38.2 Å². The van der Waals surface area contributed by atoms with Crippen molar-refractivity contribution >= 4 is 39.4 Å². The lowest BCUT2D eigenvalue weighted by Gasteiger charge is -2.08. The second-order valence-electron chi connectivity index (χ2n) is 6.60. The fourth-order valence-electron chi connectivity index (χ4n) is 3.06. The number of nitrogens with zero attached hydrogens (tertiary/aromatic N) is 6. The number of para-hydroxylation sites is 1. The van der Waals surface area contributed by atoms with Crippen molar-refractivity contribution in [3.8, 4) is 27.0 Å². The number of hydrogen-bond acceptors (Lipinski definition) is 9. The first-order chi connectivity index (χ1) is 15.6. The molecule has 3 aromatic heterocycles. The van der Waals surface area contributed by atoms with Gasteiger partial charge in [-0.05, 0) is 42.2 Å². The fraction of sp³-hybridized carbons (Fsp3) is 0.0476. The van der Waals surface area contributed by atoms with Crippen LogP contribution in [0.2, 0.25) is 0 Å². The molecule has 5 aromatic rings. The lowest BCUT2D eigenvalue weighted by molar-refractivity contribution is -0.380. The molecule has 158 valence electrons. The van der Waals surface area contributed by atoms with E-state index in [1.807, 2.05) is 72.2 Å². The molecular weight excluding hydrogens is 464 g/mol. The van der Waals surface area contributed by atoms with Crippen LogP contribution in [0.5, 0.6) is 0 Å². The summed E-state index contributed by atoms with van der Waals surface area (Å²) in [6.45, 7) is 1.96. The van der Waals surface area contributed by atoms with Crippen molar-refractivity contribution in [2.24, 2.45) is 0 Å². The van der Waals surface area contributed by atoms with E-state index >= 15 is 0 Å². The zero-order valence-corrected chi connectivity index (χ0v) is 19.0. The number of hydrogen-bond donors (Lipinski definition) is 0. The molecule has 0 spiro atoms. The highest BCUT2D eigenvalue weighted by Gasteiger charge is 2.23. The van der Waals surface area contributed by atoms with Crippen molar-refractivity contribution < 1.29 is 4.92 Å². The van der Waals surface area contributed by atoms with Gasteiger partial charge in [0.15, 0.2) is 10.2 Å². The predicted molar refractivity (Wildman–Crippen MR) is 126 cm³/mol. The van der Waals surface area contributed by atoms with Crippen LogP contribution in [-0.2, 0) is 0 Å². The van der Waals surface area contributed by atoms with Gasteiger partial charge in [0.25, 0.3) is 0 Å². The van der Waals surface area contributed by atoms with Gasteiger partial charge in [-0.3, -0.25) is 14.7 Å². The monoisotopic (exact) mass is 478 g/mol. The fourth-order valence-corrected chi connectivity index (χ4v) is 5.84. The Bertz CT molecular complexity index is 1400. The second kappa shape index (κ2) is 8.61. The van der Waals surface area contributed by atoms with Gasteiger partial charge >= 0.3 is 5.00 Å². The predicted octanol–water partition coefficient (Wildman–Crippen LogP) is 5.88. The molecule has 0 saturated heterocycles. The zero-order valence-electron chi connectivity index (χ0n) is 16.6. The van der Waals surface area contributed by atoms with Crippen molar-refractivity contribution in [2.75, 3.05) is 0 Å². The summed E-state index contributed by atoms with van der Waals surface area (Å²) >= 11 is 3.82. The van der Waals surface area contributed by atoms with Crippen molar-refractivity contribution in [3.05, 3.63) is 82.7 Å². The molecule has 8 nitrogen and oxygen atoms in total. The molecule has 11 heteroatoms. The van der Waals surface area contributed by atoms with Crippen LogP contribution < -0.4 is 0 Å². The molecule has 0 aliphatic carbocycles. The molecule has 0 saturated carbocycles. The summed E-state index contributed by atoms with van der Waals surface area (Å²) in [4.78, 5) is 20.4. The summed E-state index contributed by atoms with van der Waals surface area (Å²) in [5.41, 5.74) is 2.79. The van der Waals surface area contributed by atoms with Crippen LogP contribution in [0.25, 0.3) is 27.0 Å². The molecule has 5 rings (SSSR count). The molecule has 0 N–H and O–H groups in total. The average Bonchev–Trinajstić information content (AvgIpc) is 3.54. The normalized spacial score (nSPS) is 11.0. The molecule has 0 aliphatic rings. The summed E-state index contributed by atoms with van der Waals surface area (Å²) in [6, 6.07) is 19.8. The lowest BCUT2D eigenvalue weighted by atomic mass is 10.2. The van der Waals surface area contributed by atoms with Crippen LogP contribution >= 0.6 is 34.4 Å². The van der Waals surface area contributed by atoms with Gasteiger partial charge in [-0.25, -0.2) is 9.97 Å². The first-order valence-corrected chi connectivity index (χ1v) is 11.9. The Labute approximate surface area is 194 Å². The number of benzene rings is 2. The third kappa shape index (κ3) is 3.93. The Kier molecular flexibility index (Phi) is 5.52. The van der Waals surface area contributed by atoms with E-state index in [2.05, 4.69) is 15.2 Å². The van der Waals surface area contributed by atoms with Crippen LogP contribution in [-0.4, -0.2) is 29.7 Å². The maximum absolute atomic E-state index is 11.0. The highest BCUT2D eigenvalue weighted by Crippen LogP contribution is 2.39. The summed E-state index contributed by atoms with van der Waals surface area (Å²) < 4.78 is 2.46. The third-order valence-electron chi connectivity index (χ3n) is 4.50. The van der Waals surface area contributed by atoms with Crippen LogP contribution in [0.4, 0.5) is 5.00 Å². The number of thiazole rings is 2. The second-order valence-corrected chi connectivity index (χ2v) is 9.82. The van der Waals surface area contributed by atoms with Gasteiger partial charge in [-0.1, -0.05) is 48.5 Å². The van der Waals surface area contributed by atoms with Gasteiger partial charge in [-0.15, -0.1) is 21.5 Å². The van der Waals surface area contributed by atoms with Crippen molar-refractivity contribution in [3.63, 3.8) is 0 Å². The quantitative estimate of drug-likeness (QED) is 0.222. The molecule has 0 unspecified atom stereocenters. The van der Waals surface area contributed by atoms with Crippen LogP contribution in [0.3, 0.4) is 0 Å². The van der Waals surface area contributed by atoms with E-state index in [1.165, 1.54) is 18.0 Å². The third-order valence-corrected chi connectivity index (χ3v) is 7.67. The summed E-state index contributed by atoms with van der Waals surface area (Å²) in [5, 5.41) is 21.4. The van der Waals surface area contributed by atoms with Gasteiger partial charge in [0.2, 0.25) is 5.16 Å². The molecule has 0 amide bonds. The Morgan fingerprint density at radius 1 is 1.00 bits per heavy atom. The Morgan fingerprint density at radius 2 is 1.72 bits per heavy atom. The molecule has 0 bridgehead atoms. The van der Waals surface area contributed by atoms with Gasteiger partial charge < -0.3 is 0 Å². The van der Waals surface area contributed by atoms with E-state index in [4.69, 9.17) is 4.98 Å². The van der Waals surface area contributed by atoms with E-state index in [0.29, 0.717) is 15.3 Å². The Hall–Kier alpha value is -3.41. The lowest BCUT2D eigenvalue weighted by Crippen LogP contribution is -1.99. The van der Waals surface area contributed by atoms with Gasteiger partial charge in [-0.2, -0.15) is 0 Å². The van der Waals surface area contributed by atoms with E-state index in [1.54, 1.807) is 11.3 Å². The minimum absolute atomic E-state index is 0.00990. The van der Waals surface area contributed by atoms with Crippen LogP contribution in [0.1, 0.15) is 5.69 Å². The number of aromatic nitrogens is 5. The number of aryl methyl sites for hydroxylation is 1. The topological polar surface area (TPSA) is 99.6 Å².